The van der Waals surface area contributed by atoms with Gasteiger partial charge in [-0.15, -0.1) is 0 Å². The Morgan fingerprint density at radius 3 is 0.795 bits per heavy atom. The predicted molar refractivity (Wildman–Crippen MR) is 362 cm³/mol. The van der Waals surface area contributed by atoms with Crippen LogP contribution >= 0.6 is 0 Å². The molecule has 478 valence electrons. The van der Waals surface area contributed by atoms with Gasteiger partial charge >= 0.3 is 17.9 Å². The topological polar surface area (TPSA) is 78.9 Å². The summed E-state index contributed by atoms with van der Waals surface area (Å²) in [6.07, 6.45) is 96.2. The molecule has 0 aliphatic rings. The lowest BCUT2D eigenvalue weighted by Crippen LogP contribution is -2.30. The molecule has 0 heterocycles. The Morgan fingerprint density at radius 2 is 0.494 bits per heavy atom. The standard InChI is InChI=1S/C77H134O6/c1-4-7-10-13-16-19-22-25-27-29-31-32-33-34-35-36-37-38-39-40-41-42-43-44-46-47-49-52-55-58-61-64-67-70-76(79)82-73-74(72-81-75(78)69-66-63-60-57-54-51-24-21-18-15-12-9-6-3)83-77(80)71-68-65-62-59-56-53-50-48-45-30-28-26-23-20-17-14-11-8-5-2/h8,11,17,20-21,24,26,28-29,31,45,48,53,56,62,65,74H,4-7,9-10,12-16,18-19,22-23,25,27,30,32-44,46-47,49-52,54-55,57-61,63-64,66-73H2,1-3H3/b11-8-,20-17-,24-21-,28-26-,31-29-,48-45-,56-53-,65-62-. The van der Waals surface area contributed by atoms with Gasteiger partial charge in [0.05, 0.1) is 0 Å². The van der Waals surface area contributed by atoms with Gasteiger partial charge in [-0.1, -0.05) is 323 Å². The lowest BCUT2D eigenvalue weighted by atomic mass is 10.0. The summed E-state index contributed by atoms with van der Waals surface area (Å²) in [5, 5.41) is 0. The van der Waals surface area contributed by atoms with Gasteiger partial charge in [-0.2, -0.15) is 0 Å². The normalized spacial score (nSPS) is 12.7. The molecule has 0 aromatic heterocycles. The van der Waals surface area contributed by atoms with Gasteiger partial charge in [-0.05, 0) is 109 Å². The van der Waals surface area contributed by atoms with Crippen molar-refractivity contribution in [2.24, 2.45) is 0 Å². The van der Waals surface area contributed by atoms with Crippen LogP contribution in [0.5, 0.6) is 0 Å². The van der Waals surface area contributed by atoms with Crippen molar-refractivity contribution in [3.8, 4) is 0 Å². The quantitative estimate of drug-likeness (QED) is 0.0261. The van der Waals surface area contributed by atoms with E-state index in [1.165, 1.54) is 218 Å². The molecule has 0 bridgehead atoms. The second-order valence-corrected chi connectivity index (χ2v) is 23.8. The third kappa shape index (κ3) is 69.0. The highest BCUT2D eigenvalue weighted by molar-refractivity contribution is 5.71. The Labute approximate surface area is 515 Å². The fourth-order valence-corrected chi connectivity index (χ4v) is 10.2. The van der Waals surface area contributed by atoms with E-state index in [0.29, 0.717) is 19.3 Å². The molecule has 0 rings (SSSR count). The maximum Gasteiger partial charge on any atom is 0.306 e. The molecular weight excluding hydrogens is 1020 g/mol. The van der Waals surface area contributed by atoms with Crippen molar-refractivity contribution in [2.75, 3.05) is 13.2 Å². The molecule has 0 saturated heterocycles. The van der Waals surface area contributed by atoms with Crippen molar-refractivity contribution >= 4 is 17.9 Å². The highest BCUT2D eigenvalue weighted by Gasteiger charge is 2.19. The Balaban J connectivity index is 4.22. The summed E-state index contributed by atoms with van der Waals surface area (Å²) in [6, 6.07) is 0. The maximum absolute atomic E-state index is 12.9. The van der Waals surface area contributed by atoms with Crippen molar-refractivity contribution in [2.45, 2.75) is 361 Å². The number of carbonyl (C=O) groups is 3. The average molecular weight is 1160 g/mol. The van der Waals surface area contributed by atoms with Crippen LogP contribution in [0.25, 0.3) is 0 Å². The first-order chi connectivity index (χ1) is 41.0. The maximum atomic E-state index is 12.9. The van der Waals surface area contributed by atoms with Gasteiger partial charge in [0.2, 0.25) is 0 Å². The Morgan fingerprint density at radius 1 is 0.253 bits per heavy atom. The van der Waals surface area contributed by atoms with Gasteiger partial charge < -0.3 is 14.2 Å². The molecule has 0 aliphatic carbocycles. The predicted octanol–water partition coefficient (Wildman–Crippen LogP) is 24.8. The van der Waals surface area contributed by atoms with Gasteiger partial charge in [-0.3, -0.25) is 14.4 Å². The molecule has 6 heteroatoms. The first-order valence-corrected chi connectivity index (χ1v) is 35.7. The molecule has 0 N–H and O–H groups in total. The van der Waals surface area contributed by atoms with Crippen LogP contribution in [0.2, 0.25) is 0 Å². The van der Waals surface area contributed by atoms with E-state index in [0.717, 1.165) is 89.9 Å². The summed E-state index contributed by atoms with van der Waals surface area (Å²) in [4.78, 5) is 38.3. The smallest absolute Gasteiger partial charge is 0.306 e. The monoisotopic (exact) mass is 1160 g/mol. The van der Waals surface area contributed by atoms with Gasteiger partial charge in [-0.25, -0.2) is 0 Å². The number of esters is 3. The number of allylic oxidation sites excluding steroid dienone is 16. The van der Waals surface area contributed by atoms with Crippen LogP contribution in [-0.2, 0) is 28.6 Å². The molecular formula is C77H134O6. The number of carbonyl (C=O) groups excluding carboxylic acids is 3. The minimum Gasteiger partial charge on any atom is -0.462 e. The minimum absolute atomic E-state index is 0.108. The van der Waals surface area contributed by atoms with Crippen LogP contribution in [-0.4, -0.2) is 37.2 Å². The van der Waals surface area contributed by atoms with E-state index in [2.05, 4.69) is 112 Å². The fourth-order valence-electron chi connectivity index (χ4n) is 10.2. The first kappa shape index (κ1) is 79.3. The summed E-state index contributed by atoms with van der Waals surface area (Å²) in [5.74, 6) is -0.989. The van der Waals surface area contributed by atoms with Crippen molar-refractivity contribution in [1.29, 1.82) is 0 Å². The molecule has 0 fully saturated rings. The molecule has 83 heavy (non-hydrogen) atoms. The van der Waals surface area contributed by atoms with Crippen LogP contribution < -0.4 is 0 Å². The zero-order valence-electron chi connectivity index (χ0n) is 54.9. The van der Waals surface area contributed by atoms with E-state index in [9.17, 15) is 14.4 Å². The largest absolute Gasteiger partial charge is 0.462 e. The molecule has 0 aliphatic heterocycles. The zero-order valence-corrected chi connectivity index (χ0v) is 54.9. The molecule has 0 radical (unpaired) electrons. The van der Waals surface area contributed by atoms with E-state index in [-0.39, 0.29) is 31.6 Å². The van der Waals surface area contributed by atoms with E-state index < -0.39 is 12.1 Å². The summed E-state index contributed by atoms with van der Waals surface area (Å²) >= 11 is 0. The van der Waals surface area contributed by atoms with Crippen LogP contribution in [0.15, 0.2) is 97.2 Å². The van der Waals surface area contributed by atoms with Crippen molar-refractivity contribution in [3.63, 3.8) is 0 Å². The average Bonchev–Trinajstić information content (AvgIpc) is 3.49. The number of hydrogen-bond donors (Lipinski definition) is 0. The fraction of sp³-hybridized carbons (Fsp3) is 0.753. The van der Waals surface area contributed by atoms with E-state index >= 15 is 0 Å². The molecule has 1 atom stereocenters. The van der Waals surface area contributed by atoms with Crippen molar-refractivity contribution in [1.82, 2.24) is 0 Å². The third-order valence-electron chi connectivity index (χ3n) is 15.6. The zero-order chi connectivity index (χ0) is 59.9. The first-order valence-electron chi connectivity index (χ1n) is 35.7. The van der Waals surface area contributed by atoms with Crippen LogP contribution in [0.3, 0.4) is 0 Å². The lowest BCUT2D eigenvalue weighted by Gasteiger charge is -2.18. The molecule has 0 aromatic rings. The summed E-state index contributed by atoms with van der Waals surface area (Å²) < 4.78 is 16.9. The Hall–Kier alpha value is -3.67. The molecule has 0 saturated carbocycles. The van der Waals surface area contributed by atoms with Gasteiger partial charge in [0.25, 0.3) is 0 Å². The van der Waals surface area contributed by atoms with Crippen molar-refractivity contribution < 1.29 is 28.6 Å². The van der Waals surface area contributed by atoms with Crippen molar-refractivity contribution in [3.05, 3.63) is 97.2 Å². The number of unbranched alkanes of at least 4 members (excludes halogenated alkanes) is 38. The highest BCUT2D eigenvalue weighted by Crippen LogP contribution is 2.17. The van der Waals surface area contributed by atoms with E-state index in [4.69, 9.17) is 14.2 Å². The van der Waals surface area contributed by atoms with E-state index in [1.54, 1.807) is 0 Å². The minimum atomic E-state index is -0.822. The molecule has 0 aromatic carbocycles. The lowest BCUT2D eigenvalue weighted by molar-refractivity contribution is -0.166. The van der Waals surface area contributed by atoms with Crippen LogP contribution in [0.4, 0.5) is 0 Å². The SMILES string of the molecule is CC/C=C\C/C=C\C/C=C\C/C=C\C/C=C\C/C=C\CCC(=O)OC(COC(=O)CCCCCCC/C=C\CCCCCC)COC(=O)CCCCCCCCCCCCCCCCCCCCCCC/C=C\CCCCCCCCCC. The number of rotatable bonds is 65. The summed E-state index contributed by atoms with van der Waals surface area (Å²) in [5.41, 5.74) is 0. The molecule has 6 nitrogen and oxygen atoms in total. The highest BCUT2D eigenvalue weighted by atomic mass is 16.6. The summed E-state index contributed by atoms with van der Waals surface area (Å²) in [7, 11) is 0. The van der Waals surface area contributed by atoms with E-state index in [1.807, 2.05) is 6.08 Å². The van der Waals surface area contributed by atoms with Crippen LogP contribution in [0.1, 0.15) is 355 Å². The van der Waals surface area contributed by atoms with Gasteiger partial charge in [0.15, 0.2) is 6.10 Å². The number of hydrogen-bond acceptors (Lipinski definition) is 6. The summed E-state index contributed by atoms with van der Waals surface area (Å²) in [6.45, 7) is 6.48. The second kappa shape index (κ2) is 70.8. The molecule has 1 unspecified atom stereocenters. The molecule has 0 amide bonds. The molecule has 0 spiro atoms. The number of ether oxygens (including phenoxy) is 3. The van der Waals surface area contributed by atoms with Gasteiger partial charge in [0, 0.05) is 19.3 Å². The second-order valence-electron chi connectivity index (χ2n) is 23.8. The van der Waals surface area contributed by atoms with Gasteiger partial charge in [0.1, 0.15) is 13.2 Å². The van der Waals surface area contributed by atoms with Crippen LogP contribution in [0, 0.1) is 0 Å². The Kier molecular flexibility index (Phi) is 67.7. The third-order valence-corrected chi connectivity index (χ3v) is 15.6. The Bertz CT molecular complexity index is 1610.